The van der Waals surface area contributed by atoms with Gasteiger partial charge in [0.25, 0.3) is 5.56 Å². The third-order valence-corrected chi connectivity index (χ3v) is 4.34. The molecule has 5 nitrogen and oxygen atoms in total. The van der Waals surface area contributed by atoms with Crippen LogP contribution in [-0.2, 0) is 16.0 Å². The number of benzene rings is 1. The minimum atomic E-state index is -0.0979. The van der Waals surface area contributed by atoms with E-state index in [1.54, 1.807) is 0 Å². The van der Waals surface area contributed by atoms with Crippen molar-refractivity contribution in [1.29, 1.82) is 0 Å². The van der Waals surface area contributed by atoms with Gasteiger partial charge < -0.3 is 14.6 Å². The third kappa shape index (κ3) is 3.45. The first-order valence-electron chi connectivity index (χ1n) is 8.03. The van der Waals surface area contributed by atoms with Gasteiger partial charge in [-0.1, -0.05) is 11.6 Å². The number of amides is 1. The van der Waals surface area contributed by atoms with E-state index in [0.29, 0.717) is 44.7 Å². The molecule has 0 radical (unpaired) electrons. The largest absolute Gasteiger partial charge is 0.378 e. The number of morpholine rings is 1. The third-order valence-electron chi connectivity index (χ3n) is 4.34. The topological polar surface area (TPSA) is 62.4 Å². The Hall–Kier alpha value is -2.14. The van der Waals surface area contributed by atoms with Crippen LogP contribution in [0.1, 0.15) is 23.1 Å². The molecule has 2 heterocycles. The van der Waals surface area contributed by atoms with Crippen LogP contribution in [0.4, 0.5) is 0 Å². The van der Waals surface area contributed by atoms with Crippen molar-refractivity contribution in [3.05, 3.63) is 45.2 Å². The summed E-state index contributed by atoms with van der Waals surface area (Å²) in [6, 6.07) is 6.03. The number of ether oxygens (including phenoxy) is 1. The number of aromatic nitrogens is 1. The van der Waals surface area contributed by atoms with Gasteiger partial charge in [-0.25, -0.2) is 0 Å². The fourth-order valence-corrected chi connectivity index (χ4v) is 3.13. The Morgan fingerprint density at radius 2 is 1.96 bits per heavy atom. The van der Waals surface area contributed by atoms with Gasteiger partial charge in [-0.05, 0) is 43.4 Å². The van der Waals surface area contributed by atoms with Crippen molar-refractivity contribution in [3.8, 4) is 0 Å². The number of carbonyl (C=O) groups excluding carboxylic acids is 1. The predicted octanol–water partition coefficient (Wildman–Crippen LogP) is 1.94. The molecular formula is C18H22N2O3. The van der Waals surface area contributed by atoms with E-state index in [-0.39, 0.29) is 11.5 Å². The SMILES string of the molecule is Cc1cc(C)c2[nH]c(=O)c(CCC(=O)N3CCOCC3)cc2c1. The van der Waals surface area contributed by atoms with Crippen LogP contribution in [0.25, 0.3) is 10.9 Å². The average Bonchev–Trinajstić information content (AvgIpc) is 2.54. The van der Waals surface area contributed by atoms with E-state index in [4.69, 9.17) is 4.74 Å². The second-order valence-electron chi connectivity index (χ2n) is 6.16. The summed E-state index contributed by atoms with van der Waals surface area (Å²) in [5, 5.41) is 1.02. The maximum absolute atomic E-state index is 12.3. The van der Waals surface area contributed by atoms with Gasteiger partial charge in [-0.2, -0.15) is 0 Å². The average molecular weight is 314 g/mol. The maximum atomic E-state index is 12.3. The number of fused-ring (bicyclic) bond motifs is 1. The van der Waals surface area contributed by atoms with Crippen LogP contribution in [0.5, 0.6) is 0 Å². The van der Waals surface area contributed by atoms with Crippen molar-refractivity contribution in [2.45, 2.75) is 26.7 Å². The molecule has 3 rings (SSSR count). The lowest BCUT2D eigenvalue weighted by molar-refractivity contribution is -0.135. The molecular weight excluding hydrogens is 292 g/mol. The van der Waals surface area contributed by atoms with E-state index in [1.165, 1.54) is 0 Å². The molecule has 2 aromatic rings. The standard InChI is InChI=1S/C18H22N2O3/c1-12-9-13(2)17-15(10-12)11-14(18(22)19-17)3-4-16(21)20-5-7-23-8-6-20/h9-11H,3-8H2,1-2H3,(H,19,22). The number of aryl methyl sites for hydroxylation is 3. The Morgan fingerprint density at radius 1 is 1.22 bits per heavy atom. The Labute approximate surface area is 135 Å². The number of nitrogens with zero attached hydrogens (tertiary/aromatic N) is 1. The number of hydrogen-bond donors (Lipinski definition) is 1. The zero-order valence-electron chi connectivity index (χ0n) is 13.6. The molecule has 23 heavy (non-hydrogen) atoms. The first kappa shape index (κ1) is 15.7. The van der Waals surface area contributed by atoms with Crippen LogP contribution >= 0.6 is 0 Å². The number of H-pyrrole nitrogens is 1. The molecule has 0 spiro atoms. The Morgan fingerprint density at radius 3 is 2.70 bits per heavy atom. The highest BCUT2D eigenvalue weighted by atomic mass is 16.5. The minimum Gasteiger partial charge on any atom is -0.378 e. The van der Waals surface area contributed by atoms with Crippen molar-refractivity contribution >= 4 is 16.8 Å². The van der Waals surface area contributed by atoms with Crippen LogP contribution in [0, 0.1) is 13.8 Å². The highest BCUT2D eigenvalue weighted by Crippen LogP contribution is 2.18. The summed E-state index contributed by atoms with van der Waals surface area (Å²) in [6.45, 7) is 6.52. The first-order chi connectivity index (χ1) is 11.0. The summed E-state index contributed by atoms with van der Waals surface area (Å²) in [6.07, 6.45) is 0.827. The molecule has 5 heteroatoms. The molecule has 1 saturated heterocycles. The monoisotopic (exact) mass is 314 g/mol. The number of pyridine rings is 1. The van der Waals surface area contributed by atoms with Gasteiger partial charge in [-0.3, -0.25) is 9.59 Å². The molecule has 1 N–H and O–H groups in total. The molecule has 0 atom stereocenters. The molecule has 0 aliphatic carbocycles. The Bertz CT molecular complexity index is 789. The van der Waals surface area contributed by atoms with Gasteiger partial charge in [0.1, 0.15) is 0 Å². The van der Waals surface area contributed by atoms with Crippen molar-refractivity contribution < 1.29 is 9.53 Å². The second-order valence-corrected chi connectivity index (χ2v) is 6.16. The van der Waals surface area contributed by atoms with Crippen molar-refractivity contribution in [1.82, 2.24) is 9.88 Å². The number of rotatable bonds is 3. The number of carbonyl (C=O) groups is 1. The molecule has 1 aromatic carbocycles. The van der Waals surface area contributed by atoms with E-state index in [0.717, 1.165) is 22.0 Å². The van der Waals surface area contributed by atoms with Crippen molar-refractivity contribution in [2.24, 2.45) is 0 Å². The van der Waals surface area contributed by atoms with E-state index >= 15 is 0 Å². The molecule has 122 valence electrons. The number of hydrogen-bond acceptors (Lipinski definition) is 3. The van der Waals surface area contributed by atoms with Gasteiger partial charge >= 0.3 is 0 Å². The fourth-order valence-electron chi connectivity index (χ4n) is 3.13. The first-order valence-corrected chi connectivity index (χ1v) is 8.03. The Kier molecular flexibility index (Phi) is 4.48. The smallest absolute Gasteiger partial charge is 0.251 e. The van der Waals surface area contributed by atoms with Gasteiger partial charge in [-0.15, -0.1) is 0 Å². The summed E-state index contributed by atoms with van der Waals surface area (Å²) >= 11 is 0. The lowest BCUT2D eigenvalue weighted by atomic mass is 10.0. The maximum Gasteiger partial charge on any atom is 0.251 e. The van der Waals surface area contributed by atoms with Crippen LogP contribution in [0.2, 0.25) is 0 Å². The van der Waals surface area contributed by atoms with Crippen molar-refractivity contribution in [2.75, 3.05) is 26.3 Å². The minimum absolute atomic E-state index is 0.0909. The summed E-state index contributed by atoms with van der Waals surface area (Å²) < 4.78 is 5.25. The quantitative estimate of drug-likeness (QED) is 0.942. The van der Waals surface area contributed by atoms with E-state index in [2.05, 4.69) is 17.1 Å². The molecule has 1 fully saturated rings. The van der Waals surface area contributed by atoms with Crippen LogP contribution in [-0.4, -0.2) is 42.1 Å². The molecule has 0 bridgehead atoms. The summed E-state index contributed by atoms with van der Waals surface area (Å²) in [4.78, 5) is 29.2. The van der Waals surface area contributed by atoms with E-state index in [9.17, 15) is 9.59 Å². The van der Waals surface area contributed by atoms with Gasteiger partial charge in [0.05, 0.1) is 18.7 Å². The van der Waals surface area contributed by atoms with Gasteiger partial charge in [0.2, 0.25) is 5.91 Å². The Balaban J connectivity index is 1.78. The highest BCUT2D eigenvalue weighted by molar-refractivity contribution is 5.83. The molecule has 0 saturated carbocycles. The van der Waals surface area contributed by atoms with Gasteiger partial charge in [0, 0.05) is 25.1 Å². The zero-order valence-corrected chi connectivity index (χ0v) is 13.6. The summed E-state index contributed by atoms with van der Waals surface area (Å²) in [7, 11) is 0. The molecule has 1 aliphatic rings. The van der Waals surface area contributed by atoms with Crippen LogP contribution in [0.15, 0.2) is 23.0 Å². The second kappa shape index (κ2) is 6.54. The molecule has 1 aliphatic heterocycles. The van der Waals surface area contributed by atoms with Gasteiger partial charge in [0.15, 0.2) is 0 Å². The zero-order chi connectivity index (χ0) is 16.4. The summed E-state index contributed by atoms with van der Waals surface area (Å²) in [5.74, 6) is 0.0909. The number of aromatic amines is 1. The van der Waals surface area contributed by atoms with Crippen LogP contribution < -0.4 is 5.56 Å². The highest BCUT2D eigenvalue weighted by Gasteiger charge is 2.17. The fraction of sp³-hybridized carbons (Fsp3) is 0.444. The van der Waals surface area contributed by atoms with Crippen molar-refractivity contribution in [3.63, 3.8) is 0 Å². The van der Waals surface area contributed by atoms with E-state index in [1.807, 2.05) is 24.8 Å². The number of nitrogens with one attached hydrogen (secondary N) is 1. The van der Waals surface area contributed by atoms with E-state index < -0.39 is 0 Å². The lowest BCUT2D eigenvalue weighted by Crippen LogP contribution is -2.40. The predicted molar refractivity (Wildman–Crippen MR) is 89.8 cm³/mol. The van der Waals surface area contributed by atoms with Crippen LogP contribution in [0.3, 0.4) is 0 Å². The molecule has 0 unspecified atom stereocenters. The molecule has 1 amide bonds. The normalized spacial score (nSPS) is 15.1. The lowest BCUT2D eigenvalue weighted by Gasteiger charge is -2.26. The molecule has 1 aromatic heterocycles. The summed E-state index contributed by atoms with van der Waals surface area (Å²) in [5.41, 5.74) is 3.68.